The van der Waals surface area contributed by atoms with Gasteiger partial charge < -0.3 is 5.32 Å². The Hall–Kier alpha value is -2.14. The summed E-state index contributed by atoms with van der Waals surface area (Å²) in [5.41, 5.74) is 5.89. The third-order valence-corrected chi connectivity index (χ3v) is 2.65. The van der Waals surface area contributed by atoms with Crippen molar-refractivity contribution in [2.45, 2.75) is 13.8 Å². The zero-order valence-corrected chi connectivity index (χ0v) is 9.86. The van der Waals surface area contributed by atoms with Crippen LogP contribution in [0.2, 0.25) is 0 Å². The Bertz CT molecular complexity index is 524. The number of hydrogen-bond donors (Lipinski definition) is 3. The maximum atomic E-state index is 5.26. The number of anilines is 3. The Balaban J connectivity index is 2.28. The van der Waals surface area contributed by atoms with Crippen molar-refractivity contribution in [1.29, 1.82) is 0 Å². The lowest BCUT2D eigenvalue weighted by atomic mass is 10.1. The molecule has 0 saturated carbocycles. The van der Waals surface area contributed by atoms with Crippen molar-refractivity contribution in [3.63, 3.8) is 0 Å². The van der Waals surface area contributed by atoms with Gasteiger partial charge in [-0.3, -0.25) is 5.43 Å². The highest BCUT2D eigenvalue weighted by Crippen LogP contribution is 2.21. The number of rotatable bonds is 3. The van der Waals surface area contributed by atoms with Crippen molar-refractivity contribution in [3.05, 3.63) is 41.6 Å². The lowest BCUT2D eigenvalue weighted by Crippen LogP contribution is -2.11. The van der Waals surface area contributed by atoms with Gasteiger partial charge in [0.05, 0.1) is 0 Å². The van der Waals surface area contributed by atoms with Gasteiger partial charge in [0.25, 0.3) is 0 Å². The smallest absolute Gasteiger partial charge is 0.239 e. The second-order valence-corrected chi connectivity index (χ2v) is 3.78. The summed E-state index contributed by atoms with van der Waals surface area (Å²) in [7, 11) is 0. The van der Waals surface area contributed by atoms with Crippen LogP contribution >= 0.6 is 0 Å². The summed E-state index contributed by atoms with van der Waals surface area (Å²) < 4.78 is 0. The normalized spacial score (nSPS) is 10.1. The van der Waals surface area contributed by atoms with E-state index < -0.39 is 0 Å². The summed E-state index contributed by atoms with van der Waals surface area (Å²) in [4.78, 5) is 8.15. The van der Waals surface area contributed by atoms with Crippen molar-refractivity contribution < 1.29 is 0 Å². The first-order chi connectivity index (χ1) is 8.20. The number of hydrogen-bond acceptors (Lipinski definition) is 5. The van der Waals surface area contributed by atoms with E-state index in [1.165, 1.54) is 11.1 Å². The molecule has 0 aliphatic heterocycles. The van der Waals surface area contributed by atoms with Gasteiger partial charge in [-0.25, -0.2) is 10.8 Å². The van der Waals surface area contributed by atoms with Crippen LogP contribution in [0.5, 0.6) is 0 Å². The number of aromatic nitrogens is 2. The van der Waals surface area contributed by atoms with E-state index in [4.69, 9.17) is 5.84 Å². The second-order valence-electron chi connectivity index (χ2n) is 3.78. The third kappa shape index (κ3) is 2.51. The number of aryl methyl sites for hydroxylation is 1. The summed E-state index contributed by atoms with van der Waals surface area (Å²) in [5.74, 6) is 6.36. The van der Waals surface area contributed by atoms with E-state index in [2.05, 4.69) is 40.6 Å². The predicted molar refractivity (Wildman–Crippen MR) is 69.0 cm³/mol. The summed E-state index contributed by atoms with van der Waals surface area (Å²) in [6, 6.07) is 7.89. The molecule has 0 saturated heterocycles. The molecule has 0 unspecified atom stereocenters. The largest absolute Gasteiger partial charge is 0.340 e. The molecule has 0 fully saturated rings. The quantitative estimate of drug-likeness (QED) is 0.555. The highest BCUT2D eigenvalue weighted by molar-refractivity contribution is 5.62. The van der Waals surface area contributed by atoms with Crippen molar-refractivity contribution >= 4 is 17.5 Å². The SMILES string of the molecule is Cc1cccc(Nc2ccnc(NN)n2)c1C. The first kappa shape index (κ1) is 11.3. The van der Waals surface area contributed by atoms with E-state index in [1.54, 1.807) is 12.3 Å². The maximum Gasteiger partial charge on any atom is 0.239 e. The molecule has 1 aromatic carbocycles. The second kappa shape index (κ2) is 4.80. The third-order valence-electron chi connectivity index (χ3n) is 2.65. The summed E-state index contributed by atoms with van der Waals surface area (Å²) in [6.07, 6.45) is 1.65. The molecule has 0 bridgehead atoms. The van der Waals surface area contributed by atoms with E-state index in [0.29, 0.717) is 11.8 Å². The molecular weight excluding hydrogens is 214 g/mol. The molecule has 88 valence electrons. The Morgan fingerprint density at radius 2 is 2.00 bits per heavy atom. The minimum absolute atomic E-state index is 0.389. The monoisotopic (exact) mass is 229 g/mol. The maximum absolute atomic E-state index is 5.26. The molecule has 0 atom stereocenters. The van der Waals surface area contributed by atoms with Gasteiger partial charge in [-0.1, -0.05) is 12.1 Å². The molecule has 1 heterocycles. The molecule has 0 amide bonds. The Morgan fingerprint density at radius 1 is 1.18 bits per heavy atom. The van der Waals surface area contributed by atoms with E-state index >= 15 is 0 Å². The van der Waals surface area contributed by atoms with Crippen LogP contribution < -0.4 is 16.6 Å². The van der Waals surface area contributed by atoms with Gasteiger partial charge in [0.15, 0.2) is 0 Å². The standard InChI is InChI=1S/C12H15N5/c1-8-4-3-5-10(9(8)2)15-11-6-7-14-12(16-11)17-13/h3-7H,13H2,1-2H3,(H2,14,15,16,17). The fourth-order valence-electron chi connectivity index (χ4n) is 1.52. The molecule has 2 rings (SSSR count). The molecule has 5 nitrogen and oxygen atoms in total. The van der Waals surface area contributed by atoms with E-state index in [1.807, 2.05) is 12.1 Å². The van der Waals surface area contributed by atoms with Gasteiger partial charge in [0.1, 0.15) is 5.82 Å². The Labute approximate surface area is 100 Å². The predicted octanol–water partition coefficient (Wildman–Crippen LogP) is 2.12. The molecule has 0 aliphatic rings. The van der Waals surface area contributed by atoms with Gasteiger partial charge in [0, 0.05) is 11.9 Å². The van der Waals surface area contributed by atoms with Gasteiger partial charge in [-0.05, 0) is 37.1 Å². The molecule has 0 aliphatic carbocycles. The summed E-state index contributed by atoms with van der Waals surface area (Å²) in [6.45, 7) is 4.15. The van der Waals surface area contributed by atoms with Crippen molar-refractivity contribution in [3.8, 4) is 0 Å². The molecule has 0 radical (unpaired) electrons. The van der Waals surface area contributed by atoms with E-state index in [9.17, 15) is 0 Å². The topological polar surface area (TPSA) is 75.9 Å². The van der Waals surface area contributed by atoms with Crippen LogP contribution in [0, 0.1) is 13.8 Å². The number of nitrogens with one attached hydrogen (secondary N) is 2. The molecular formula is C12H15N5. The zero-order valence-electron chi connectivity index (χ0n) is 9.86. The van der Waals surface area contributed by atoms with E-state index in [-0.39, 0.29) is 0 Å². The molecule has 0 spiro atoms. The molecule has 5 heteroatoms. The lowest BCUT2D eigenvalue weighted by molar-refractivity contribution is 1.12. The van der Waals surface area contributed by atoms with Crippen LogP contribution in [0.15, 0.2) is 30.5 Å². The minimum Gasteiger partial charge on any atom is -0.340 e. The van der Waals surface area contributed by atoms with Crippen LogP contribution in [0.3, 0.4) is 0 Å². The molecule has 2 aromatic rings. The Kier molecular flexibility index (Phi) is 3.20. The molecule has 4 N–H and O–H groups in total. The molecule has 17 heavy (non-hydrogen) atoms. The summed E-state index contributed by atoms with van der Waals surface area (Å²) >= 11 is 0. The van der Waals surface area contributed by atoms with Crippen LogP contribution in [0.4, 0.5) is 17.5 Å². The fraction of sp³-hybridized carbons (Fsp3) is 0.167. The van der Waals surface area contributed by atoms with E-state index in [0.717, 1.165) is 5.69 Å². The highest BCUT2D eigenvalue weighted by Gasteiger charge is 2.02. The Morgan fingerprint density at radius 3 is 2.76 bits per heavy atom. The van der Waals surface area contributed by atoms with Gasteiger partial charge in [-0.15, -0.1) is 0 Å². The summed E-state index contributed by atoms with van der Waals surface area (Å²) in [5, 5.41) is 3.24. The fourth-order valence-corrected chi connectivity index (χ4v) is 1.52. The number of hydrazine groups is 1. The van der Waals surface area contributed by atoms with Gasteiger partial charge in [-0.2, -0.15) is 4.98 Å². The number of nitrogens with two attached hydrogens (primary N) is 1. The minimum atomic E-state index is 0.389. The van der Waals surface area contributed by atoms with Crippen molar-refractivity contribution in [2.75, 3.05) is 10.7 Å². The number of nitrogen functional groups attached to an aromatic ring is 1. The molecule has 1 aromatic heterocycles. The first-order valence-electron chi connectivity index (χ1n) is 5.33. The van der Waals surface area contributed by atoms with Crippen molar-refractivity contribution in [2.24, 2.45) is 5.84 Å². The highest BCUT2D eigenvalue weighted by atomic mass is 15.3. The first-order valence-corrected chi connectivity index (χ1v) is 5.33. The lowest BCUT2D eigenvalue weighted by Gasteiger charge is -2.11. The zero-order chi connectivity index (χ0) is 12.3. The van der Waals surface area contributed by atoms with Crippen LogP contribution in [0.25, 0.3) is 0 Å². The number of benzene rings is 1. The average Bonchev–Trinajstić information content (AvgIpc) is 2.35. The van der Waals surface area contributed by atoms with Gasteiger partial charge in [0.2, 0.25) is 5.95 Å². The number of nitrogens with zero attached hydrogens (tertiary/aromatic N) is 2. The van der Waals surface area contributed by atoms with Gasteiger partial charge >= 0.3 is 0 Å². The van der Waals surface area contributed by atoms with Crippen LogP contribution in [0.1, 0.15) is 11.1 Å². The van der Waals surface area contributed by atoms with Crippen LogP contribution in [-0.4, -0.2) is 9.97 Å². The average molecular weight is 229 g/mol. The van der Waals surface area contributed by atoms with Crippen LogP contribution in [-0.2, 0) is 0 Å². The van der Waals surface area contributed by atoms with Crippen molar-refractivity contribution in [1.82, 2.24) is 9.97 Å².